The first-order chi connectivity index (χ1) is 17.9. The summed E-state index contributed by atoms with van der Waals surface area (Å²) in [7, 11) is -3.23. The number of sulfone groups is 1. The highest BCUT2D eigenvalue weighted by molar-refractivity contribution is 7.91. The minimum atomic E-state index is -3.23. The predicted octanol–water partition coefficient (Wildman–Crippen LogP) is 6.68. The fraction of sp³-hybridized carbons (Fsp3) is 0.355. The van der Waals surface area contributed by atoms with Gasteiger partial charge in [0.05, 0.1) is 22.4 Å². The smallest absolute Gasteiger partial charge is 0.178 e. The van der Waals surface area contributed by atoms with E-state index in [0.29, 0.717) is 11.0 Å². The Bertz CT molecular complexity index is 1520. The Balaban J connectivity index is 1.45. The van der Waals surface area contributed by atoms with Gasteiger partial charge in [-0.15, -0.1) is 0 Å². The van der Waals surface area contributed by atoms with Crippen LogP contribution < -0.4 is 4.74 Å². The molecule has 0 bridgehead atoms. The van der Waals surface area contributed by atoms with Crippen LogP contribution >= 0.6 is 0 Å². The molecule has 2 heterocycles. The molecule has 0 saturated heterocycles. The zero-order valence-corrected chi connectivity index (χ0v) is 22.6. The molecule has 0 amide bonds. The molecular weight excluding hydrogens is 480 g/mol. The minimum Gasteiger partial charge on any atom is -0.488 e. The van der Waals surface area contributed by atoms with Crippen LogP contribution in [0.15, 0.2) is 65.7 Å². The maximum atomic E-state index is 12.3. The number of nitrogens with zero attached hydrogens (tertiary/aromatic N) is 2. The van der Waals surface area contributed by atoms with Gasteiger partial charge in [0.15, 0.2) is 9.84 Å². The molecule has 2 aromatic heterocycles. The predicted molar refractivity (Wildman–Crippen MR) is 149 cm³/mol. The van der Waals surface area contributed by atoms with Crippen LogP contribution in [0.1, 0.15) is 55.5 Å². The van der Waals surface area contributed by atoms with E-state index in [-0.39, 0.29) is 5.75 Å². The summed E-state index contributed by atoms with van der Waals surface area (Å²) in [6.45, 7) is 5.99. The van der Waals surface area contributed by atoms with Crippen molar-refractivity contribution in [3.05, 3.63) is 83.2 Å². The van der Waals surface area contributed by atoms with E-state index < -0.39 is 9.84 Å². The average Bonchev–Trinajstić information content (AvgIpc) is 3.73. The highest BCUT2D eigenvalue weighted by atomic mass is 32.2. The van der Waals surface area contributed by atoms with E-state index in [1.165, 1.54) is 16.7 Å². The Morgan fingerprint density at radius 1 is 0.973 bits per heavy atom. The number of aryl methyl sites for hydroxylation is 3. The Kier molecular flexibility index (Phi) is 7.29. The zero-order valence-electron chi connectivity index (χ0n) is 21.8. The largest absolute Gasteiger partial charge is 0.488 e. The van der Waals surface area contributed by atoms with Crippen LogP contribution in [0.25, 0.3) is 22.2 Å². The third-order valence-corrected chi connectivity index (χ3v) is 8.74. The van der Waals surface area contributed by atoms with E-state index in [0.717, 1.165) is 72.1 Å². The molecule has 5 rings (SSSR count). The molecule has 0 atom stereocenters. The first kappa shape index (κ1) is 25.4. The normalized spacial score (nSPS) is 13.7. The summed E-state index contributed by atoms with van der Waals surface area (Å²) in [5.74, 6) is 0.972. The van der Waals surface area contributed by atoms with Crippen LogP contribution in [0.5, 0.6) is 5.75 Å². The molecule has 192 valence electrons. The molecule has 1 aliphatic rings. The van der Waals surface area contributed by atoms with Crippen molar-refractivity contribution in [1.82, 2.24) is 9.97 Å². The molecule has 0 N–H and O–H groups in total. The number of hydrogen-bond donors (Lipinski definition) is 0. The summed E-state index contributed by atoms with van der Waals surface area (Å²) in [5.41, 5.74) is 7.55. The molecule has 37 heavy (non-hydrogen) atoms. The highest BCUT2D eigenvalue weighted by Gasteiger charge is 2.25. The molecule has 0 aliphatic heterocycles. The van der Waals surface area contributed by atoms with Crippen LogP contribution in [0.4, 0.5) is 0 Å². The van der Waals surface area contributed by atoms with Crippen LogP contribution in [0, 0.1) is 6.92 Å². The molecular formula is C31H34N2O3S. The summed E-state index contributed by atoms with van der Waals surface area (Å²) >= 11 is 0. The van der Waals surface area contributed by atoms with Gasteiger partial charge >= 0.3 is 0 Å². The summed E-state index contributed by atoms with van der Waals surface area (Å²) < 4.78 is 30.8. The molecule has 0 radical (unpaired) electrons. The molecule has 1 saturated carbocycles. The van der Waals surface area contributed by atoms with Crippen molar-refractivity contribution in [3.8, 4) is 17.0 Å². The second-order valence-electron chi connectivity index (χ2n) is 9.92. The highest BCUT2D eigenvalue weighted by Crippen LogP contribution is 2.33. The number of benzene rings is 2. The number of rotatable bonds is 10. The lowest BCUT2D eigenvalue weighted by molar-refractivity contribution is 0.306. The lowest BCUT2D eigenvalue weighted by atomic mass is 9.96. The van der Waals surface area contributed by atoms with Crippen LogP contribution in [-0.4, -0.2) is 30.2 Å². The van der Waals surface area contributed by atoms with Crippen molar-refractivity contribution in [2.24, 2.45) is 0 Å². The molecule has 6 heteroatoms. The van der Waals surface area contributed by atoms with Gasteiger partial charge in [-0.1, -0.05) is 38.5 Å². The Morgan fingerprint density at radius 2 is 1.76 bits per heavy atom. The number of ether oxygens (including phenoxy) is 1. The van der Waals surface area contributed by atoms with Gasteiger partial charge < -0.3 is 4.74 Å². The van der Waals surface area contributed by atoms with Crippen molar-refractivity contribution in [3.63, 3.8) is 0 Å². The van der Waals surface area contributed by atoms with Gasteiger partial charge in [-0.3, -0.25) is 9.97 Å². The second kappa shape index (κ2) is 10.6. The summed E-state index contributed by atoms with van der Waals surface area (Å²) in [6, 6.07) is 17.8. The lowest BCUT2D eigenvalue weighted by Crippen LogP contribution is -2.05. The van der Waals surface area contributed by atoms with Crippen LogP contribution in [-0.2, 0) is 29.1 Å². The summed E-state index contributed by atoms with van der Waals surface area (Å²) in [4.78, 5) is 10.0. The summed E-state index contributed by atoms with van der Waals surface area (Å²) in [6.07, 6.45) is 7.96. The van der Waals surface area contributed by atoms with Gasteiger partial charge in [-0.25, -0.2) is 8.42 Å². The Hall–Kier alpha value is -3.25. The zero-order chi connectivity index (χ0) is 26.0. The molecule has 0 unspecified atom stereocenters. The maximum absolute atomic E-state index is 12.3. The Labute approximate surface area is 219 Å². The van der Waals surface area contributed by atoms with E-state index in [1.807, 2.05) is 24.4 Å². The number of hydrogen-bond acceptors (Lipinski definition) is 5. The monoisotopic (exact) mass is 514 g/mol. The van der Waals surface area contributed by atoms with Crippen LogP contribution in [0.2, 0.25) is 0 Å². The van der Waals surface area contributed by atoms with Gasteiger partial charge in [0.25, 0.3) is 0 Å². The van der Waals surface area contributed by atoms with Crippen molar-refractivity contribution in [1.29, 1.82) is 0 Å². The first-order valence-electron chi connectivity index (χ1n) is 13.2. The Morgan fingerprint density at radius 3 is 2.46 bits per heavy atom. The molecule has 1 aliphatic carbocycles. The standard InChI is InChI=1S/C31H34N2O3S/c1-4-7-28-21(3)18-25(33-30(28)23-10-15-27(16-11-23)37(34,35)5-2)12-9-22-19-24-8-6-17-32-31(24)29(20-22)36-26-13-14-26/h6,8,10-11,15-20,26H,4-5,7,9,12-14H2,1-3H3. The van der Waals surface area contributed by atoms with Crippen molar-refractivity contribution >= 4 is 20.7 Å². The minimum absolute atomic E-state index is 0.0958. The van der Waals surface area contributed by atoms with Gasteiger partial charge in [0.2, 0.25) is 0 Å². The van der Waals surface area contributed by atoms with Gasteiger partial charge in [0.1, 0.15) is 11.3 Å². The lowest BCUT2D eigenvalue weighted by Gasteiger charge is -2.15. The number of fused-ring (bicyclic) bond motifs is 1. The molecule has 5 nitrogen and oxygen atoms in total. The molecule has 4 aromatic rings. The van der Waals surface area contributed by atoms with Gasteiger partial charge in [-0.05, 0) is 92.1 Å². The molecule has 0 spiro atoms. The average molecular weight is 515 g/mol. The van der Waals surface area contributed by atoms with Crippen molar-refractivity contribution in [2.75, 3.05) is 5.75 Å². The fourth-order valence-corrected chi connectivity index (χ4v) is 5.66. The number of aromatic nitrogens is 2. The quantitative estimate of drug-likeness (QED) is 0.236. The third kappa shape index (κ3) is 5.69. The van der Waals surface area contributed by atoms with Crippen molar-refractivity contribution in [2.45, 2.75) is 70.3 Å². The van der Waals surface area contributed by atoms with E-state index in [2.05, 4.69) is 43.1 Å². The van der Waals surface area contributed by atoms with Crippen LogP contribution in [0.3, 0.4) is 0 Å². The third-order valence-electron chi connectivity index (χ3n) is 6.98. The molecule has 2 aromatic carbocycles. The molecule has 1 fully saturated rings. The van der Waals surface area contributed by atoms with E-state index in [9.17, 15) is 8.42 Å². The van der Waals surface area contributed by atoms with Crippen molar-refractivity contribution < 1.29 is 13.2 Å². The van der Waals surface area contributed by atoms with E-state index in [4.69, 9.17) is 9.72 Å². The van der Waals surface area contributed by atoms with E-state index >= 15 is 0 Å². The van der Waals surface area contributed by atoms with E-state index in [1.54, 1.807) is 19.1 Å². The SMILES string of the molecule is CCCc1c(C)cc(CCc2cc(OC3CC3)c3ncccc3c2)nc1-c1ccc(S(=O)(=O)CC)cc1. The number of pyridine rings is 2. The second-order valence-corrected chi connectivity index (χ2v) is 12.2. The topological polar surface area (TPSA) is 69.2 Å². The fourth-order valence-electron chi connectivity index (χ4n) is 4.78. The van der Waals surface area contributed by atoms with Gasteiger partial charge in [-0.2, -0.15) is 0 Å². The first-order valence-corrected chi connectivity index (χ1v) is 14.9. The van der Waals surface area contributed by atoms with Gasteiger partial charge in [0, 0.05) is 22.8 Å². The maximum Gasteiger partial charge on any atom is 0.178 e. The summed E-state index contributed by atoms with van der Waals surface area (Å²) in [5, 5.41) is 1.10.